The van der Waals surface area contributed by atoms with Crippen LogP contribution in [0.25, 0.3) is 0 Å². The Balaban J connectivity index is 1.76. The van der Waals surface area contributed by atoms with E-state index in [9.17, 15) is 18.4 Å². The van der Waals surface area contributed by atoms with Gasteiger partial charge in [-0.2, -0.15) is 0 Å². The van der Waals surface area contributed by atoms with Crippen molar-refractivity contribution >= 4 is 11.8 Å². The van der Waals surface area contributed by atoms with Crippen molar-refractivity contribution in [1.82, 2.24) is 0 Å². The Hall–Kier alpha value is -2.56. The second kappa shape index (κ2) is 6.51. The summed E-state index contributed by atoms with van der Waals surface area (Å²) in [5.74, 6) is -3.61. The second-order valence-electron chi connectivity index (χ2n) is 5.85. The fraction of sp³-hybridized carbons (Fsp3) is 0.263. The fourth-order valence-electron chi connectivity index (χ4n) is 2.93. The zero-order valence-electron chi connectivity index (χ0n) is 13.1. The van der Waals surface area contributed by atoms with Crippen LogP contribution in [0.4, 0.5) is 8.78 Å². The van der Waals surface area contributed by atoms with Crippen LogP contribution in [0.2, 0.25) is 0 Å². The fourth-order valence-corrected chi connectivity index (χ4v) is 2.93. The van der Waals surface area contributed by atoms with E-state index in [1.165, 1.54) is 12.5 Å². The van der Waals surface area contributed by atoms with Crippen LogP contribution in [0.3, 0.4) is 0 Å². The van der Waals surface area contributed by atoms with Gasteiger partial charge in [-0.25, -0.2) is 13.6 Å². The number of Topliss-reactive ketones (excluding diaryl/α,β-unsaturated/α-hetero) is 1. The Morgan fingerprint density at radius 1 is 1.04 bits per heavy atom. The largest absolute Gasteiger partial charge is 0.451 e. The smallest absolute Gasteiger partial charge is 0.344 e. The Morgan fingerprint density at radius 3 is 2.42 bits per heavy atom. The van der Waals surface area contributed by atoms with Gasteiger partial charge in [0.25, 0.3) is 0 Å². The summed E-state index contributed by atoms with van der Waals surface area (Å²) in [6.45, 7) is 1.40. The standard InChI is InChI=1S/C19H16F2O3/c1-11(24-19(23)17-15(20)6-3-7-16(17)21)18(22)14-9-8-12-4-2-5-13(12)10-14/h3,6-11H,2,4-5H2,1H3/t11-/m0/s1. The lowest BCUT2D eigenvalue weighted by atomic mass is 10.0. The lowest BCUT2D eigenvalue weighted by Crippen LogP contribution is -2.25. The van der Waals surface area contributed by atoms with E-state index in [-0.39, 0.29) is 0 Å². The molecule has 2 aromatic rings. The molecule has 0 amide bonds. The molecule has 5 heteroatoms. The molecule has 1 aliphatic carbocycles. The molecule has 1 atom stereocenters. The molecule has 0 spiro atoms. The zero-order valence-corrected chi connectivity index (χ0v) is 13.1. The van der Waals surface area contributed by atoms with Crippen LogP contribution >= 0.6 is 0 Å². The lowest BCUT2D eigenvalue weighted by Gasteiger charge is -2.13. The highest BCUT2D eigenvalue weighted by Gasteiger charge is 2.25. The second-order valence-corrected chi connectivity index (χ2v) is 5.85. The molecular weight excluding hydrogens is 314 g/mol. The molecule has 0 unspecified atom stereocenters. The number of benzene rings is 2. The molecule has 0 aliphatic heterocycles. The van der Waals surface area contributed by atoms with Crippen LogP contribution in [-0.2, 0) is 17.6 Å². The van der Waals surface area contributed by atoms with Gasteiger partial charge in [-0.3, -0.25) is 4.79 Å². The highest BCUT2D eigenvalue weighted by atomic mass is 19.1. The number of hydrogen-bond donors (Lipinski definition) is 0. The number of rotatable bonds is 4. The van der Waals surface area contributed by atoms with Crippen LogP contribution in [0.15, 0.2) is 36.4 Å². The molecule has 24 heavy (non-hydrogen) atoms. The molecule has 0 bridgehead atoms. The molecule has 124 valence electrons. The number of carbonyl (C=O) groups is 2. The summed E-state index contributed by atoms with van der Waals surface area (Å²) in [5, 5.41) is 0. The highest BCUT2D eigenvalue weighted by molar-refractivity contribution is 6.01. The molecule has 3 nitrogen and oxygen atoms in total. The number of ketones is 1. The predicted octanol–water partition coefficient (Wildman–Crippen LogP) is 3.88. The van der Waals surface area contributed by atoms with Gasteiger partial charge in [0, 0.05) is 5.56 Å². The first-order valence-electron chi connectivity index (χ1n) is 7.78. The average Bonchev–Trinajstić information content (AvgIpc) is 3.01. The summed E-state index contributed by atoms with van der Waals surface area (Å²) >= 11 is 0. The average molecular weight is 330 g/mol. The number of fused-ring (bicyclic) bond motifs is 1. The first-order chi connectivity index (χ1) is 11.5. The summed E-state index contributed by atoms with van der Waals surface area (Å²) in [7, 11) is 0. The maximum Gasteiger partial charge on any atom is 0.344 e. The van der Waals surface area contributed by atoms with Gasteiger partial charge in [0.15, 0.2) is 6.10 Å². The van der Waals surface area contributed by atoms with E-state index in [1.807, 2.05) is 6.07 Å². The van der Waals surface area contributed by atoms with Gasteiger partial charge < -0.3 is 4.74 Å². The normalized spacial score (nSPS) is 14.1. The molecule has 0 N–H and O–H groups in total. The minimum atomic E-state index is -1.19. The molecule has 0 saturated heterocycles. The van der Waals surface area contributed by atoms with Crippen molar-refractivity contribution in [2.45, 2.75) is 32.3 Å². The molecule has 2 aromatic carbocycles. The van der Waals surface area contributed by atoms with E-state index < -0.39 is 35.1 Å². The highest BCUT2D eigenvalue weighted by Crippen LogP contribution is 2.24. The molecule has 0 heterocycles. The Morgan fingerprint density at radius 2 is 1.71 bits per heavy atom. The van der Waals surface area contributed by atoms with Crippen molar-refractivity contribution in [3.8, 4) is 0 Å². The summed E-state index contributed by atoms with van der Waals surface area (Å²) in [6, 6.07) is 8.49. The number of ether oxygens (including phenoxy) is 1. The van der Waals surface area contributed by atoms with E-state index >= 15 is 0 Å². The molecule has 3 rings (SSSR count). The number of aryl methyl sites for hydroxylation is 2. The summed E-state index contributed by atoms with van der Waals surface area (Å²) < 4.78 is 32.2. The van der Waals surface area contributed by atoms with Crippen molar-refractivity contribution in [2.75, 3.05) is 0 Å². The van der Waals surface area contributed by atoms with Crippen LogP contribution in [0.1, 0.15) is 45.2 Å². The number of halogens is 2. The van der Waals surface area contributed by atoms with Crippen molar-refractivity contribution in [3.05, 3.63) is 70.3 Å². The number of hydrogen-bond acceptors (Lipinski definition) is 3. The van der Waals surface area contributed by atoms with E-state index in [4.69, 9.17) is 4.74 Å². The van der Waals surface area contributed by atoms with Gasteiger partial charge in [-0.05, 0) is 55.5 Å². The third-order valence-electron chi connectivity index (χ3n) is 4.20. The SMILES string of the molecule is C[C@H](OC(=O)c1c(F)cccc1F)C(=O)c1ccc2c(c1)CCC2. The van der Waals surface area contributed by atoms with Crippen LogP contribution in [0.5, 0.6) is 0 Å². The van der Waals surface area contributed by atoms with Gasteiger partial charge in [0.05, 0.1) is 0 Å². The van der Waals surface area contributed by atoms with E-state index in [1.54, 1.807) is 12.1 Å². The molecule has 1 aliphatic rings. The Bertz CT molecular complexity index is 794. The van der Waals surface area contributed by atoms with Crippen LogP contribution < -0.4 is 0 Å². The topological polar surface area (TPSA) is 43.4 Å². The van der Waals surface area contributed by atoms with Crippen molar-refractivity contribution in [2.24, 2.45) is 0 Å². The number of esters is 1. The Kier molecular flexibility index (Phi) is 4.42. The van der Waals surface area contributed by atoms with Crippen LogP contribution in [-0.4, -0.2) is 17.9 Å². The molecule has 0 fully saturated rings. The van der Waals surface area contributed by atoms with Crippen molar-refractivity contribution in [3.63, 3.8) is 0 Å². The van der Waals surface area contributed by atoms with Gasteiger partial charge in [-0.1, -0.05) is 18.2 Å². The first kappa shape index (κ1) is 16.3. The van der Waals surface area contributed by atoms with Crippen molar-refractivity contribution in [1.29, 1.82) is 0 Å². The van der Waals surface area contributed by atoms with Gasteiger partial charge >= 0.3 is 5.97 Å². The Labute approximate surface area is 138 Å². The lowest BCUT2D eigenvalue weighted by molar-refractivity contribution is 0.0309. The monoisotopic (exact) mass is 330 g/mol. The maximum absolute atomic E-state index is 13.6. The third-order valence-corrected chi connectivity index (χ3v) is 4.20. The summed E-state index contributed by atoms with van der Waals surface area (Å²) in [4.78, 5) is 24.4. The van der Waals surface area contributed by atoms with Crippen LogP contribution in [0, 0.1) is 11.6 Å². The third kappa shape index (κ3) is 3.07. The predicted molar refractivity (Wildman–Crippen MR) is 84.0 cm³/mol. The zero-order chi connectivity index (χ0) is 17.3. The van der Waals surface area contributed by atoms with Gasteiger partial charge in [0.2, 0.25) is 5.78 Å². The van der Waals surface area contributed by atoms with E-state index in [0.717, 1.165) is 43.0 Å². The van der Waals surface area contributed by atoms with Gasteiger partial charge in [0.1, 0.15) is 17.2 Å². The molecule has 0 radical (unpaired) electrons. The summed E-state index contributed by atoms with van der Waals surface area (Å²) in [5.41, 5.74) is 2.00. The number of carbonyl (C=O) groups excluding carboxylic acids is 2. The van der Waals surface area contributed by atoms with Crippen molar-refractivity contribution < 1.29 is 23.1 Å². The summed E-state index contributed by atoms with van der Waals surface area (Å²) in [6.07, 6.45) is 1.85. The maximum atomic E-state index is 13.6. The first-order valence-corrected chi connectivity index (χ1v) is 7.78. The van der Waals surface area contributed by atoms with Gasteiger partial charge in [-0.15, -0.1) is 0 Å². The molecule has 0 saturated carbocycles. The molecular formula is C19H16F2O3. The van der Waals surface area contributed by atoms with E-state index in [0.29, 0.717) is 5.56 Å². The van der Waals surface area contributed by atoms with E-state index in [2.05, 4.69) is 0 Å². The molecule has 0 aromatic heterocycles. The minimum absolute atomic E-state index is 0.394. The minimum Gasteiger partial charge on any atom is -0.451 e. The quantitative estimate of drug-likeness (QED) is 0.631.